The standard InChI is InChI=1S/C14H18FNO4/c1-9(20-11-7-5-6-10(15)8-11)12(17)16(4)14(2,3)13(18)19/h5-9H,1-4H3,(H,18,19). The van der Waals surface area contributed by atoms with Gasteiger partial charge in [0.15, 0.2) is 6.10 Å². The SMILES string of the molecule is CC(Oc1cccc(F)c1)C(=O)N(C)C(C)(C)C(=O)O. The highest BCUT2D eigenvalue weighted by Crippen LogP contribution is 2.18. The molecule has 1 N–H and O–H groups in total. The highest BCUT2D eigenvalue weighted by molar-refractivity contribution is 5.88. The number of hydrogen-bond acceptors (Lipinski definition) is 3. The Balaban J connectivity index is 2.79. The van der Waals surface area contributed by atoms with E-state index in [1.165, 1.54) is 46.0 Å². The van der Waals surface area contributed by atoms with Crippen molar-refractivity contribution in [1.82, 2.24) is 4.90 Å². The molecule has 0 aliphatic carbocycles. The molecular formula is C14H18FNO4. The fraction of sp³-hybridized carbons (Fsp3) is 0.429. The number of carbonyl (C=O) groups excluding carboxylic acids is 1. The van der Waals surface area contributed by atoms with Gasteiger partial charge in [0.25, 0.3) is 5.91 Å². The lowest BCUT2D eigenvalue weighted by Gasteiger charge is -2.33. The van der Waals surface area contributed by atoms with Crippen LogP contribution in [0.4, 0.5) is 4.39 Å². The fourth-order valence-corrected chi connectivity index (χ4v) is 1.49. The van der Waals surface area contributed by atoms with E-state index in [9.17, 15) is 14.0 Å². The van der Waals surface area contributed by atoms with Gasteiger partial charge in [-0.1, -0.05) is 6.07 Å². The van der Waals surface area contributed by atoms with Gasteiger partial charge >= 0.3 is 5.97 Å². The van der Waals surface area contributed by atoms with E-state index in [2.05, 4.69) is 0 Å². The van der Waals surface area contributed by atoms with Gasteiger partial charge in [-0.15, -0.1) is 0 Å². The molecule has 1 aromatic rings. The molecule has 0 radical (unpaired) electrons. The van der Waals surface area contributed by atoms with Crippen molar-refractivity contribution < 1.29 is 23.8 Å². The maximum Gasteiger partial charge on any atom is 0.329 e. The number of aliphatic carboxylic acids is 1. The average Bonchev–Trinajstić information content (AvgIpc) is 2.36. The Morgan fingerprint density at radius 3 is 2.50 bits per heavy atom. The number of carbonyl (C=O) groups is 2. The van der Waals surface area contributed by atoms with Gasteiger partial charge in [-0.3, -0.25) is 4.79 Å². The Hall–Kier alpha value is -2.11. The van der Waals surface area contributed by atoms with Gasteiger partial charge in [-0.05, 0) is 32.9 Å². The molecule has 1 rings (SSSR count). The maximum atomic E-state index is 13.0. The minimum atomic E-state index is -1.35. The van der Waals surface area contributed by atoms with Gasteiger partial charge in [-0.25, -0.2) is 9.18 Å². The molecule has 20 heavy (non-hydrogen) atoms. The maximum absolute atomic E-state index is 13.0. The van der Waals surface area contributed by atoms with Crippen LogP contribution < -0.4 is 4.74 Å². The van der Waals surface area contributed by atoms with Crippen LogP contribution in [0.3, 0.4) is 0 Å². The summed E-state index contributed by atoms with van der Waals surface area (Å²) in [5.74, 6) is -1.87. The second-order valence-corrected chi connectivity index (χ2v) is 4.98. The number of halogens is 1. The smallest absolute Gasteiger partial charge is 0.329 e. The Labute approximate surface area is 117 Å². The van der Waals surface area contributed by atoms with E-state index in [4.69, 9.17) is 9.84 Å². The van der Waals surface area contributed by atoms with E-state index in [1.54, 1.807) is 0 Å². The van der Waals surface area contributed by atoms with E-state index in [-0.39, 0.29) is 5.75 Å². The third-order valence-electron chi connectivity index (χ3n) is 3.15. The van der Waals surface area contributed by atoms with Gasteiger partial charge in [0.05, 0.1) is 0 Å². The van der Waals surface area contributed by atoms with Crippen LogP contribution in [0, 0.1) is 5.82 Å². The van der Waals surface area contributed by atoms with Gasteiger partial charge in [0.2, 0.25) is 0 Å². The molecule has 0 spiro atoms. The molecule has 1 amide bonds. The normalized spacial score (nSPS) is 12.7. The summed E-state index contributed by atoms with van der Waals surface area (Å²) in [4.78, 5) is 24.3. The molecule has 0 aliphatic heterocycles. The topological polar surface area (TPSA) is 66.8 Å². The van der Waals surface area contributed by atoms with E-state index < -0.39 is 29.3 Å². The first-order chi connectivity index (χ1) is 9.16. The summed E-state index contributed by atoms with van der Waals surface area (Å²) < 4.78 is 18.3. The lowest BCUT2D eigenvalue weighted by atomic mass is 10.0. The predicted octanol–water partition coefficient (Wildman–Crippen LogP) is 1.91. The summed E-state index contributed by atoms with van der Waals surface area (Å²) in [7, 11) is 1.39. The van der Waals surface area contributed by atoms with Crippen molar-refractivity contribution in [3.63, 3.8) is 0 Å². The van der Waals surface area contributed by atoms with Crippen molar-refractivity contribution in [2.75, 3.05) is 7.05 Å². The summed E-state index contributed by atoms with van der Waals surface area (Å²) in [6.45, 7) is 4.33. The van der Waals surface area contributed by atoms with Crippen molar-refractivity contribution in [1.29, 1.82) is 0 Å². The zero-order chi connectivity index (χ0) is 15.5. The third-order valence-corrected chi connectivity index (χ3v) is 3.15. The van der Waals surface area contributed by atoms with Crippen LogP contribution in [0.15, 0.2) is 24.3 Å². The van der Waals surface area contributed by atoms with Crippen LogP contribution in [0.5, 0.6) is 5.75 Å². The summed E-state index contributed by atoms with van der Waals surface area (Å²) >= 11 is 0. The molecule has 0 heterocycles. The van der Waals surface area contributed by atoms with Crippen LogP contribution in [0.2, 0.25) is 0 Å². The molecule has 1 unspecified atom stereocenters. The van der Waals surface area contributed by atoms with E-state index >= 15 is 0 Å². The molecular weight excluding hydrogens is 265 g/mol. The van der Waals surface area contributed by atoms with Crippen LogP contribution in [0.25, 0.3) is 0 Å². The van der Waals surface area contributed by atoms with Crippen molar-refractivity contribution in [2.24, 2.45) is 0 Å². The second kappa shape index (κ2) is 5.90. The third kappa shape index (κ3) is 3.46. The fourth-order valence-electron chi connectivity index (χ4n) is 1.49. The minimum absolute atomic E-state index is 0.215. The molecule has 0 fully saturated rings. The zero-order valence-corrected chi connectivity index (χ0v) is 11.9. The van der Waals surface area contributed by atoms with Crippen LogP contribution >= 0.6 is 0 Å². The zero-order valence-electron chi connectivity index (χ0n) is 11.9. The lowest BCUT2D eigenvalue weighted by Crippen LogP contribution is -2.54. The molecule has 6 heteroatoms. The second-order valence-electron chi connectivity index (χ2n) is 4.98. The predicted molar refractivity (Wildman–Crippen MR) is 71.0 cm³/mol. The van der Waals surface area contributed by atoms with Crippen molar-refractivity contribution in [2.45, 2.75) is 32.4 Å². The lowest BCUT2D eigenvalue weighted by molar-refractivity contribution is -0.157. The Kier molecular flexibility index (Phi) is 4.70. The summed E-state index contributed by atoms with van der Waals surface area (Å²) in [5.41, 5.74) is -1.35. The molecule has 1 aromatic carbocycles. The van der Waals surface area contributed by atoms with Gasteiger partial charge in [-0.2, -0.15) is 0 Å². The average molecular weight is 283 g/mol. The molecule has 0 aliphatic rings. The quantitative estimate of drug-likeness (QED) is 0.896. The van der Waals surface area contributed by atoms with Crippen molar-refractivity contribution in [3.8, 4) is 5.75 Å². The number of likely N-dealkylation sites (N-methyl/N-ethyl adjacent to an activating group) is 1. The highest BCUT2D eigenvalue weighted by atomic mass is 19.1. The number of nitrogens with zero attached hydrogens (tertiary/aromatic N) is 1. The Bertz CT molecular complexity index is 516. The van der Waals surface area contributed by atoms with E-state index in [1.807, 2.05) is 0 Å². The molecule has 0 bridgehead atoms. The number of rotatable bonds is 5. The number of amides is 1. The van der Waals surface area contributed by atoms with Gasteiger partial charge < -0.3 is 14.7 Å². The first-order valence-corrected chi connectivity index (χ1v) is 6.09. The number of carboxylic acids is 1. The number of ether oxygens (including phenoxy) is 1. The Morgan fingerprint density at radius 2 is 2.00 bits per heavy atom. The summed E-state index contributed by atoms with van der Waals surface area (Å²) in [5, 5.41) is 9.08. The van der Waals surface area contributed by atoms with Crippen LogP contribution in [0.1, 0.15) is 20.8 Å². The van der Waals surface area contributed by atoms with E-state index in [0.717, 1.165) is 11.0 Å². The van der Waals surface area contributed by atoms with Gasteiger partial charge in [0, 0.05) is 13.1 Å². The summed E-state index contributed by atoms with van der Waals surface area (Å²) in [6.07, 6.45) is -0.916. The van der Waals surface area contributed by atoms with Crippen LogP contribution in [-0.2, 0) is 9.59 Å². The van der Waals surface area contributed by atoms with Gasteiger partial charge in [0.1, 0.15) is 17.1 Å². The molecule has 5 nitrogen and oxygen atoms in total. The number of benzene rings is 1. The number of carboxylic acid groups (broad SMARTS) is 1. The monoisotopic (exact) mass is 283 g/mol. The molecule has 1 atom stereocenters. The number of hydrogen-bond donors (Lipinski definition) is 1. The molecule has 0 saturated heterocycles. The molecule has 0 saturated carbocycles. The Morgan fingerprint density at radius 1 is 1.40 bits per heavy atom. The van der Waals surface area contributed by atoms with E-state index in [0.29, 0.717) is 0 Å². The first kappa shape index (κ1) is 15.9. The van der Waals surface area contributed by atoms with Crippen LogP contribution in [-0.4, -0.2) is 40.6 Å². The minimum Gasteiger partial charge on any atom is -0.481 e. The molecule has 110 valence electrons. The molecule has 0 aromatic heterocycles. The van der Waals surface area contributed by atoms with Crippen molar-refractivity contribution in [3.05, 3.63) is 30.1 Å². The summed E-state index contributed by atoms with van der Waals surface area (Å²) in [6, 6.07) is 5.41. The van der Waals surface area contributed by atoms with Crippen molar-refractivity contribution >= 4 is 11.9 Å². The highest BCUT2D eigenvalue weighted by Gasteiger charge is 2.37. The first-order valence-electron chi connectivity index (χ1n) is 6.09. The largest absolute Gasteiger partial charge is 0.481 e.